The van der Waals surface area contributed by atoms with E-state index >= 15 is 0 Å². The largest absolute Gasteiger partial charge is 0.374 e. The molecule has 4 heteroatoms. The van der Waals surface area contributed by atoms with E-state index in [1.54, 1.807) is 0 Å². The molecule has 0 spiro atoms. The zero-order chi connectivity index (χ0) is 14.5. The Labute approximate surface area is 117 Å². The summed E-state index contributed by atoms with van der Waals surface area (Å²) < 4.78 is 7.88. The number of likely N-dealkylation sites (N-methyl/N-ethyl adjacent to an activating group) is 1. The maximum absolute atomic E-state index is 5.87. The van der Waals surface area contributed by atoms with E-state index in [4.69, 9.17) is 4.74 Å². The monoisotopic (exact) mass is 267 g/mol. The van der Waals surface area contributed by atoms with Gasteiger partial charge in [0.1, 0.15) is 0 Å². The summed E-state index contributed by atoms with van der Waals surface area (Å²) in [5, 5.41) is 8.15. The molecule has 0 saturated heterocycles. The van der Waals surface area contributed by atoms with Crippen LogP contribution in [0.4, 0.5) is 0 Å². The maximum Gasteiger partial charge on any atom is 0.0782 e. The second-order valence-corrected chi connectivity index (χ2v) is 5.73. The van der Waals surface area contributed by atoms with Gasteiger partial charge in [-0.2, -0.15) is 5.10 Å². The Bertz CT molecular complexity index is 371. The maximum atomic E-state index is 5.87. The first-order valence-electron chi connectivity index (χ1n) is 7.32. The lowest BCUT2D eigenvalue weighted by atomic mass is 9.94. The molecule has 4 nitrogen and oxygen atoms in total. The van der Waals surface area contributed by atoms with E-state index in [0.29, 0.717) is 6.04 Å². The van der Waals surface area contributed by atoms with Crippen LogP contribution in [-0.2, 0) is 11.2 Å². The van der Waals surface area contributed by atoms with Gasteiger partial charge in [0.2, 0.25) is 0 Å². The highest BCUT2D eigenvalue weighted by molar-refractivity contribution is 5.05. The van der Waals surface area contributed by atoms with E-state index in [1.807, 2.05) is 11.6 Å². The zero-order valence-electron chi connectivity index (χ0n) is 13.2. The minimum atomic E-state index is -0.188. The second kappa shape index (κ2) is 7.06. The van der Waals surface area contributed by atoms with E-state index in [-0.39, 0.29) is 11.6 Å². The van der Waals surface area contributed by atoms with Crippen LogP contribution in [-0.4, -0.2) is 34.6 Å². The van der Waals surface area contributed by atoms with Gasteiger partial charge in [0.15, 0.2) is 0 Å². The SMILES string of the molecule is CCNC(Cc1ccn(C(C)C)n1)C(C)(C)OCC. The molecule has 1 unspecified atom stereocenters. The summed E-state index contributed by atoms with van der Waals surface area (Å²) >= 11 is 0. The molecule has 0 aromatic carbocycles. The average Bonchev–Trinajstić information content (AvgIpc) is 2.77. The highest BCUT2D eigenvalue weighted by Gasteiger charge is 2.30. The van der Waals surface area contributed by atoms with Gasteiger partial charge in [0.25, 0.3) is 0 Å². The van der Waals surface area contributed by atoms with E-state index in [9.17, 15) is 0 Å². The van der Waals surface area contributed by atoms with Gasteiger partial charge in [0.05, 0.1) is 11.3 Å². The Morgan fingerprint density at radius 1 is 1.37 bits per heavy atom. The minimum Gasteiger partial charge on any atom is -0.374 e. The lowest BCUT2D eigenvalue weighted by molar-refractivity contribution is -0.0379. The molecule has 0 radical (unpaired) electrons. The number of hydrogen-bond donors (Lipinski definition) is 1. The normalized spacial score (nSPS) is 14.1. The fraction of sp³-hybridized carbons (Fsp3) is 0.800. The van der Waals surface area contributed by atoms with Crippen LogP contribution in [0, 0.1) is 0 Å². The molecule has 0 fully saturated rings. The molecule has 1 N–H and O–H groups in total. The Morgan fingerprint density at radius 2 is 2.05 bits per heavy atom. The predicted octanol–water partition coefficient (Wildman–Crippen LogP) is 2.80. The topological polar surface area (TPSA) is 39.1 Å². The van der Waals surface area contributed by atoms with Gasteiger partial charge in [-0.05, 0) is 47.2 Å². The summed E-state index contributed by atoms with van der Waals surface area (Å²) in [5.41, 5.74) is 0.930. The van der Waals surface area contributed by atoms with Gasteiger partial charge < -0.3 is 10.1 Å². The van der Waals surface area contributed by atoms with E-state index < -0.39 is 0 Å². The molecule has 1 aromatic heterocycles. The molecule has 0 saturated carbocycles. The van der Waals surface area contributed by atoms with Crippen molar-refractivity contribution in [2.24, 2.45) is 0 Å². The molecule has 1 rings (SSSR count). The van der Waals surface area contributed by atoms with Crippen molar-refractivity contribution in [2.75, 3.05) is 13.2 Å². The standard InChI is InChI=1S/C15H29N3O/c1-7-16-14(15(5,6)19-8-2)11-13-9-10-18(17-13)12(3)4/h9-10,12,14,16H,7-8,11H2,1-6H3. The quantitative estimate of drug-likeness (QED) is 0.787. The van der Waals surface area contributed by atoms with Gasteiger partial charge in [0, 0.05) is 31.3 Å². The predicted molar refractivity (Wildman–Crippen MR) is 79.5 cm³/mol. The zero-order valence-corrected chi connectivity index (χ0v) is 13.2. The summed E-state index contributed by atoms with van der Waals surface area (Å²) in [6.45, 7) is 14.4. The fourth-order valence-corrected chi connectivity index (χ4v) is 2.27. The van der Waals surface area contributed by atoms with Crippen molar-refractivity contribution in [3.8, 4) is 0 Å². The van der Waals surface area contributed by atoms with Crippen molar-refractivity contribution in [1.82, 2.24) is 15.1 Å². The first-order chi connectivity index (χ1) is 8.90. The molecule has 110 valence electrons. The average molecular weight is 267 g/mol. The van der Waals surface area contributed by atoms with Crippen LogP contribution >= 0.6 is 0 Å². The molecule has 0 aliphatic rings. The van der Waals surface area contributed by atoms with Crippen LogP contribution in [0.2, 0.25) is 0 Å². The van der Waals surface area contributed by atoms with Gasteiger partial charge in [-0.15, -0.1) is 0 Å². The van der Waals surface area contributed by atoms with E-state index in [1.165, 1.54) is 0 Å². The van der Waals surface area contributed by atoms with Gasteiger partial charge in [-0.1, -0.05) is 6.92 Å². The molecule has 0 amide bonds. The van der Waals surface area contributed by atoms with Gasteiger partial charge >= 0.3 is 0 Å². The summed E-state index contributed by atoms with van der Waals surface area (Å²) in [5.74, 6) is 0. The molecule has 19 heavy (non-hydrogen) atoms. The third kappa shape index (κ3) is 4.62. The summed E-state index contributed by atoms with van der Waals surface area (Å²) in [7, 11) is 0. The smallest absolute Gasteiger partial charge is 0.0782 e. The summed E-state index contributed by atoms with van der Waals surface area (Å²) in [6.07, 6.45) is 2.94. The fourth-order valence-electron chi connectivity index (χ4n) is 2.27. The number of hydrogen-bond acceptors (Lipinski definition) is 3. The van der Waals surface area contributed by atoms with Crippen molar-refractivity contribution in [2.45, 2.75) is 65.6 Å². The van der Waals surface area contributed by atoms with Crippen molar-refractivity contribution < 1.29 is 4.74 Å². The van der Waals surface area contributed by atoms with Gasteiger partial charge in [-0.25, -0.2) is 0 Å². The Morgan fingerprint density at radius 3 is 2.53 bits per heavy atom. The van der Waals surface area contributed by atoms with Crippen LogP contribution in [0.15, 0.2) is 12.3 Å². The number of ether oxygens (including phenoxy) is 1. The molecule has 1 aromatic rings. The Hall–Kier alpha value is -0.870. The molecular weight excluding hydrogens is 238 g/mol. The molecule has 1 atom stereocenters. The van der Waals surface area contributed by atoms with Gasteiger partial charge in [-0.3, -0.25) is 4.68 Å². The van der Waals surface area contributed by atoms with Crippen molar-refractivity contribution in [3.05, 3.63) is 18.0 Å². The molecule has 1 heterocycles. The molecular formula is C15H29N3O. The number of aromatic nitrogens is 2. The minimum absolute atomic E-state index is 0.188. The highest BCUT2D eigenvalue weighted by Crippen LogP contribution is 2.19. The highest BCUT2D eigenvalue weighted by atomic mass is 16.5. The first-order valence-corrected chi connectivity index (χ1v) is 7.32. The lowest BCUT2D eigenvalue weighted by Gasteiger charge is -2.34. The van der Waals surface area contributed by atoms with E-state index in [0.717, 1.165) is 25.3 Å². The second-order valence-electron chi connectivity index (χ2n) is 5.73. The van der Waals surface area contributed by atoms with Crippen molar-refractivity contribution in [1.29, 1.82) is 0 Å². The first kappa shape index (κ1) is 16.2. The van der Waals surface area contributed by atoms with Crippen LogP contribution < -0.4 is 5.32 Å². The molecule has 0 aliphatic heterocycles. The molecule has 0 bridgehead atoms. The summed E-state index contributed by atoms with van der Waals surface area (Å²) in [6, 6.07) is 2.78. The Balaban J connectivity index is 2.77. The van der Waals surface area contributed by atoms with Crippen LogP contribution in [0.25, 0.3) is 0 Å². The third-order valence-corrected chi connectivity index (χ3v) is 3.41. The number of rotatable bonds is 8. The number of nitrogens with one attached hydrogen (secondary N) is 1. The van der Waals surface area contributed by atoms with E-state index in [2.05, 4.69) is 57.3 Å². The summed E-state index contributed by atoms with van der Waals surface area (Å²) in [4.78, 5) is 0. The third-order valence-electron chi connectivity index (χ3n) is 3.41. The van der Waals surface area contributed by atoms with Crippen LogP contribution in [0.5, 0.6) is 0 Å². The van der Waals surface area contributed by atoms with Crippen molar-refractivity contribution in [3.63, 3.8) is 0 Å². The molecule has 0 aliphatic carbocycles. The van der Waals surface area contributed by atoms with Crippen LogP contribution in [0.3, 0.4) is 0 Å². The van der Waals surface area contributed by atoms with Crippen molar-refractivity contribution >= 4 is 0 Å². The van der Waals surface area contributed by atoms with Crippen LogP contribution in [0.1, 0.15) is 53.3 Å². The lowest BCUT2D eigenvalue weighted by Crippen LogP contribution is -2.50. The Kier molecular flexibility index (Phi) is 6.01. The number of nitrogens with zero attached hydrogens (tertiary/aromatic N) is 2.